The maximum absolute atomic E-state index is 12.7. The van der Waals surface area contributed by atoms with Crippen LogP contribution in [0.2, 0.25) is 0 Å². The molecule has 3 aromatic rings. The number of hydrogen-bond acceptors (Lipinski definition) is 6. The van der Waals surface area contributed by atoms with Gasteiger partial charge in [-0.2, -0.15) is 0 Å². The number of amides is 1. The molecule has 1 N–H and O–H groups in total. The molecular formula is C30H31NO6. The second-order valence-corrected chi connectivity index (χ2v) is 7.74. The monoisotopic (exact) mass is 501 g/mol. The third-order valence-electron chi connectivity index (χ3n) is 5.31. The molecule has 0 aliphatic rings. The van der Waals surface area contributed by atoms with E-state index < -0.39 is 0 Å². The molecular weight excluding hydrogens is 470 g/mol. The highest BCUT2D eigenvalue weighted by Gasteiger charge is 2.12. The molecule has 0 aliphatic carbocycles. The molecule has 0 bridgehead atoms. The van der Waals surface area contributed by atoms with Gasteiger partial charge in [-0.15, -0.1) is 0 Å². The molecule has 0 saturated carbocycles. The molecule has 37 heavy (non-hydrogen) atoms. The van der Waals surface area contributed by atoms with Crippen LogP contribution >= 0.6 is 0 Å². The standard InChI is InChI=1S/C30H31NO6/c1-6-16-37-25-9-7-8-21(17-25)11-15-29(32)31-26-14-13-24(33-2)20-23(26)12-10-22-18-27(34-3)30(36-5)28(19-22)35-4/h6-15,17-20H,1,16H2,2-5H3,(H,31,32)/b12-10+,15-11+. The molecule has 0 aliphatic heterocycles. The first-order valence-corrected chi connectivity index (χ1v) is 11.5. The maximum Gasteiger partial charge on any atom is 0.248 e. The summed E-state index contributed by atoms with van der Waals surface area (Å²) in [5.41, 5.74) is 3.05. The Morgan fingerprint density at radius 3 is 2.22 bits per heavy atom. The van der Waals surface area contributed by atoms with Crippen molar-refractivity contribution in [1.82, 2.24) is 0 Å². The van der Waals surface area contributed by atoms with Gasteiger partial charge in [0.2, 0.25) is 11.7 Å². The lowest BCUT2D eigenvalue weighted by Crippen LogP contribution is -2.09. The average molecular weight is 502 g/mol. The van der Waals surface area contributed by atoms with Crippen LogP contribution in [0.5, 0.6) is 28.7 Å². The van der Waals surface area contributed by atoms with Gasteiger partial charge < -0.3 is 29.0 Å². The Hall–Kier alpha value is -4.65. The molecule has 0 heterocycles. The Balaban J connectivity index is 1.83. The van der Waals surface area contributed by atoms with Crippen LogP contribution in [0.1, 0.15) is 16.7 Å². The van der Waals surface area contributed by atoms with E-state index in [2.05, 4.69) is 11.9 Å². The van der Waals surface area contributed by atoms with Crippen LogP contribution in [0.4, 0.5) is 5.69 Å². The molecule has 0 unspecified atom stereocenters. The van der Waals surface area contributed by atoms with Crippen LogP contribution in [0.15, 0.2) is 73.3 Å². The summed E-state index contributed by atoms with van der Waals surface area (Å²) in [5.74, 6) is 2.70. The Morgan fingerprint density at radius 2 is 1.57 bits per heavy atom. The van der Waals surface area contributed by atoms with Gasteiger partial charge in [0.05, 0.1) is 28.4 Å². The van der Waals surface area contributed by atoms with Crippen molar-refractivity contribution in [1.29, 1.82) is 0 Å². The number of hydrogen-bond donors (Lipinski definition) is 1. The highest BCUT2D eigenvalue weighted by molar-refractivity contribution is 6.03. The number of ether oxygens (including phenoxy) is 5. The zero-order valence-electron chi connectivity index (χ0n) is 21.4. The van der Waals surface area contributed by atoms with Gasteiger partial charge in [-0.3, -0.25) is 4.79 Å². The van der Waals surface area contributed by atoms with Crippen LogP contribution < -0.4 is 29.0 Å². The van der Waals surface area contributed by atoms with Gasteiger partial charge in [-0.25, -0.2) is 0 Å². The number of methoxy groups -OCH3 is 4. The minimum Gasteiger partial charge on any atom is -0.497 e. The number of carbonyl (C=O) groups is 1. The minimum absolute atomic E-state index is 0.273. The SMILES string of the molecule is C=CCOc1cccc(/C=C/C(=O)Nc2ccc(OC)cc2/C=C/c2cc(OC)c(OC)c(OC)c2)c1. The fraction of sp³-hybridized carbons (Fsp3) is 0.167. The highest BCUT2D eigenvalue weighted by Crippen LogP contribution is 2.38. The lowest BCUT2D eigenvalue weighted by molar-refractivity contribution is -0.111. The van der Waals surface area contributed by atoms with Gasteiger partial charge in [-0.05, 0) is 59.7 Å². The van der Waals surface area contributed by atoms with E-state index in [0.717, 1.165) is 16.7 Å². The third-order valence-corrected chi connectivity index (χ3v) is 5.31. The van der Waals surface area contributed by atoms with E-state index in [4.69, 9.17) is 23.7 Å². The highest BCUT2D eigenvalue weighted by atomic mass is 16.5. The molecule has 7 nitrogen and oxygen atoms in total. The lowest BCUT2D eigenvalue weighted by atomic mass is 10.1. The molecule has 0 saturated heterocycles. The topological polar surface area (TPSA) is 75.3 Å². The zero-order valence-corrected chi connectivity index (χ0v) is 21.4. The quantitative estimate of drug-likeness (QED) is 0.183. The van der Waals surface area contributed by atoms with Crippen LogP contribution in [-0.4, -0.2) is 41.0 Å². The fourth-order valence-electron chi connectivity index (χ4n) is 3.51. The van der Waals surface area contributed by atoms with E-state index in [-0.39, 0.29) is 5.91 Å². The fourth-order valence-corrected chi connectivity index (χ4v) is 3.51. The third kappa shape index (κ3) is 7.41. The van der Waals surface area contributed by atoms with E-state index in [0.29, 0.717) is 41.0 Å². The van der Waals surface area contributed by atoms with E-state index in [1.54, 1.807) is 52.7 Å². The van der Waals surface area contributed by atoms with Crippen LogP contribution in [0.3, 0.4) is 0 Å². The predicted octanol–water partition coefficient (Wildman–Crippen LogP) is 6.11. The van der Waals surface area contributed by atoms with Gasteiger partial charge >= 0.3 is 0 Å². The molecule has 3 aromatic carbocycles. The van der Waals surface area contributed by atoms with Crippen molar-refractivity contribution in [3.63, 3.8) is 0 Å². The number of nitrogens with one attached hydrogen (secondary N) is 1. The summed E-state index contributed by atoms with van der Waals surface area (Å²) in [6.07, 6.45) is 8.65. The molecule has 0 spiro atoms. The van der Waals surface area contributed by atoms with Crippen molar-refractivity contribution in [2.24, 2.45) is 0 Å². The van der Waals surface area contributed by atoms with Gasteiger partial charge in [0.25, 0.3) is 0 Å². The average Bonchev–Trinajstić information content (AvgIpc) is 2.93. The van der Waals surface area contributed by atoms with Gasteiger partial charge in [0.1, 0.15) is 18.1 Å². The Bertz CT molecular complexity index is 1270. The summed E-state index contributed by atoms with van der Waals surface area (Å²) in [5, 5.41) is 2.93. The van der Waals surface area contributed by atoms with Crippen LogP contribution in [0, 0.1) is 0 Å². The van der Waals surface area contributed by atoms with Crippen molar-refractivity contribution >= 4 is 29.8 Å². The van der Waals surface area contributed by atoms with E-state index in [9.17, 15) is 4.79 Å². The van der Waals surface area contributed by atoms with Crippen molar-refractivity contribution in [2.45, 2.75) is 0 Å². The van der Waals surface area contributed by atoms with Gasteiger partial charge in [0, 0.05) is 17.3 Å². The zero-order chi connectivity index (χ0) is 26.6. The molecule has 7 heteroatoms. The number of rotatable bonds is 12. The molecule has 3 rings (SSSR count). The van der Waals surface area contributed by atoms with E-state index >= 15 is 0 Å². The Labute approximate surface area is 217 Å². The number of carbonyl (C=O) groups excluding carboxylic acids is 1. The smallest absolute Gasteiger partial charge is 0.248 e. The normalized spacial score (nSPS) is 10.8. The summed E-state index contributed by atoms with van der Waals surface area (Å²) in [6, 6.07) is 16.6. The molecule has 0 fully saturated rings. The van der Waals surface area contributed by atoms with E-state index in [1.165, 1.54) is 6.08 Å². The molecule has 192 valence electrons. The summed E-state index contributed by atoms with van der Waals surface area (Å²) < 4.78 is 27.2. The second-order valence-electron chi connectivity index (χ2n) is 7.74. The molecule has 0 radical (unpaired) electrons. The Kier molecular flexibility index (Phi) is 9.79. The van der Waals surface area contributed by atoms with Crippen molar-refractivity contribution < 1.29 is 28.5 Å². The summed E-state index contributed by atoms with van der Waals surface area (Å²) >= 11 is 0. The van der Waals surface area contributed by atoms with Gasteiger partial charge in [-0.1, -0.05) is 36.9 Å². The molecule has 0 atom stereocenters. The van der Waals surface area contributed by atoms with E-state index in [1.807, 2.05) is 54.6 Å². The Morgan fingerprint density at radius 1 is 0.811 bits per heavy atom. The van der Waals surface area contributed by atoms with Crippen molar-refractivity contribution in [3.8, 4) is 28.7 Å². The molecule has 1 amide bonds. The second kappa shape index (κ2) is 13.4. The minimum atomic E-state index is -0.273. The number of anilines is 1. The van der Waals surface area contributed by atoms with Crippen LogP contribution in [-0.2, 0) is 4.79 Å². The lowest BCUT2D eigenvalue weighted by Gasteiger charge is -2.13. The summed E-state index contributed by atoms with van der Waals surface area (Å²) in [7, 11) is 6.29. The predicted molar refractivity (Wildman–Crippen MR) is 148 cm³/mol. The number of benzene rings is 3. The van der Waals surface area contributed by atoms with Crippen LogP contribution in [0.25, 0.3) is 18.2 Å². The molecule has 0 aromatic heterocycles. The first-order chi connectivity index (χ1) is 18.0. The van der Waals surface area contributed by atoms with Gasteiger partial charge in [0.15, 0.2) is 11.5 Å². The van der Waals surface area contributed by atoms with Crippen molar-refractivity contribution in [2.75, 3.05) is 40.4 Å². The summed E-state index contributed by atoms with van der Waals surface area (Å²) in [6.45, 7) is 4.06. The first kappa shape index (κ1) is 26.9. The van der Waals surface area contributed by atoms with Crippen molar-refractivity contribution in [3.05, 3.63) is 90.0 Å². The maximum atomic E-state index is 12.7. The first-order valence-electron chi connectivity index (χ1n) is 11.5. The summed E-state index contributed by atoms with van der Waals surface area (Å²) in [4.78, 5) is 12.7. The largest absolute Gasteiger partial charge is 0.497 e.